The van der Waals surface area contributed by atoms with Gasteiger partial charge in [0.05, 0.1) is 11.4 Å². The lowest BCUT2D eigenvalue weighted by molar-refractivity contribution is 0.0772. The molecule has 1 aliphatic heterocycles. The molecule has 8 nitrogen and oxygen atoms in total. The van der Waals surface area contributed by atoms with Crippen molar-refractivity contribution in [3.63, 3.8) is 0 Å². The number of rotatable bonds is 5. The number of benzene rings is 1. The van der Waals surface area contributed by atoms with E-state index in [1.807, 2.05) is 11.8 Å². The summed E-state index contributed by atoms with van der Waals surface area (Å²) in [5.74, 6) is 2.64. The Labute approximate surface area is 150 Å². The molecule has 0 unspecified atom stereocenters. The number of nitrogens with one attached hydrogen (secondary N) is 2. The van der Waals surface area contributed by atoms with Crippen LogP contribution in [-0.2, 0) is 16.6 Å². The molecule has 0 radical (unpaired) electrons. The number of aromatic nitrogens is 3. The zero-order valence-electron chi connectivity index (χ0n) is 13.7. The third-order valence-electron chi connectivity index (χ3n) is 3.75. The van der Waals surface area contributed by atoms with Gasteiger partial charge < -0.3 is 4.90 Å². The predicted octanol–water partition coefficient (Wildman–Crippen LogP) is 0.781. The molecule has 25 heavy (non-hydrogen) atoms. The fraction of sp³-hybridized carbons (Fsp3) is 0.400. The first-order valence-electron chi connectivity index (χ1n) is 7.80. The van der Waals surface area contributed by atoms with Crippen molar-refractivity contribution < 1.29 is 13.2 Å². The summed E-state index contributed by atoms with van der Waals surface area (Å²) in [5.41, 5.74) is 0.378. The molecule has 0 bridgehead atoms. The van der Waals surface area contributed by atoms with Crippen molar-refractivity contribution in [1.29, 1.82) is 0 Å². The maximum absolute atomic E-state index is 12.5. The molecule has 3 rings (SSSR count). The summed E-state index contributed by atoms with van der Waals surface area (Å²) in [5, 5.41) is 6.55. The van der Waals surface area contributed by atoms with Crippen LogP contribution in [0, 0.1) is 6.92 Å². The summed E-state index contributed by atoms with van der Waals surface area (Å²) in [6.45, 7) is 3.08. The maximum atomic E-state index is 12.5. The maximum Gasteiger partial charge on any atom is 0.253 e. The summed E-state index contributed by atoms with van der Waals surface area (Å²) >= 11 is 1.81. The van der Waals surface area contributed by atoms with Gasteiger partial charge in [-0.25, -0.2) is 18.1 Å². The van der Waals surface area contributed by atoms with Gasteiger partial charge in [0.15, 0.2) is 5.82 Å². The molecule has 1 aromatic carbocycles. The molecular formula is C15H19N5O3S2. The van der Waals surface area contributed by atoms with E-state index < -0.39 is 10.0 Å². The highest BCUT2D eigenvalue weighted by atomic mass is 32.2. The van der Waals surface area contributed by atoms with Crippen LogP contribution in [0.1, 0.15) is 22.0 Å². The highest BCUT2D eigenvalue weighted by Crippen LogP contribution is 2.16. The molecule has 10 heteroatoms. The number of aryl methyl sites for hydroxylation is 1. The molecule has 1 fully saturated rings. The number of hydrogen-bond acceptors (Lipinski definition) is 6. The average Bonchev–Trinajstić information content (AvgIpc) is 3.06. The second kappa shape index (κ2) is 7.54. The Balaban J connectivity index is 1.74. The minimum Gasteiger partial charge on any atom is -0.337 e. The molecule has 1 amide bonds. The summed E-state index contributed by atoms with van der Waals surface area (Å²) in [6, 6.07) is 6.10. The summed E-state index contributed by atoms with van der Waals surface area (Å²) in [7, 11) is -3.75. The molecule has 0 saturated carbocycles. The normalized spacial score (nSPS) is 15.3. The van der Waals surface area contributed by atoms with Crippen molar-refractivity contribution in [2.75, 3.05) is 24.6 Å². The van der Waals surface area contributed by atoms with Crippen molar-refractivity contribution in [3.8, 4) is 0 Å². The first-order valence-corrected chi connectivity index (χ1v) is 10.4. The van der Waals surface area contributed by atoms with Gasteiger partial charge in [-0.05, 0) is 25.1 Å². The molecule has 0 aliphatic carbocycles. The molecular weight excluding hydrogens is 362 g/mol. The highest BCUT2D eigenvalue weighted by molar-refractivity contribution is 7.99. The monoisotopic (exact) mass is 381 g/mol. The Hall–Kier alpha value is -1.91. The number of amides is 1. The van der Waals surface area contributed by atoms with E-state index in [4.69, 9.17) is 0 Å². The lowest BCUT2D eigenvalue weighted by Gasteiger charge is -2.26. The van der Waals surface area contributed by atoms with E-state index in [2.05, 4.69) is 19.9 Å². The number of carbonyl (C=O) groups excluding carboxylic acids is 1. The molecule has 0 atom stereocenters. The van der Waals surface area contributed by atoms with Gasteiger partial charge in [-0.15, -0.1) is 0 Å². The van der Waals surface area contributed by atoms with Gasteiger partial charge in [0.2, 0.25) is 10.0 Å². The molecule has 2 aromatic rings. The van der Waals surface area contributed by atoms with E-state index in [-0.39, 0.29) is 17.3 Å². The number of hydrogen-bond donors (Lipinski definition) is 2. The topological polar surface area (TPSA) is 108 Å². The SMILES string of the molecule is Cc1nc(CNS(=O)(=O)c2cccc(C(=O)N3CCSCC3)c2)n[nH]1. The third-order valence-corrected chi connectivity index (χ3v) is 6.09. The van der Waals surface area contributed by atoms with E-state index in [0.717, 1.165) is 11.5 Å². The number of H-pyrrole nitrogens is 1. The second-order valence-electron chi connectivity index (χ2n) is 5.59. The van der Waals surface area contributed by atoms with Crippen molar-refractivity contribution >= 4 is 27.7 Å². The van der Waals surface area contributed by atoms with Gasteiger partial charge in [-0.2, -0.15) is 16.9 Å². The highest BCUT2D eigenvalue weighted by Gasteiger charge is 2.21. The third kappa shape index (κ3) is 4.39. The first kappa shape index (κ1) is 17.9. The predicted molar refractivity (Wildman–Crippen MR) is 94.8 cm³/mol. The molecule has 1 saturated heterocycles. The fourth-order valence-corrected chi connectivity index (χ4v) is 4.38. The van der Waals surface area contributed by atoms with Crippen LogP contribution < -0.4 is 4.72 Å². The Kier molecular flexibility index (Phi) is 5.40. The van der Waals surface area contributed by atoms with Crippen LogP contribution in [0.25, 0.3) is 0 Å². The minimum absolute atomic E-state index is 0.0196. The largest absolute Gasteiger partial charge is 0.337 e. The van der Waals surface area contributed by atoms with E-state index in [9.17, 15) is 13.2 Å². The minimum atomic E-state index is -3.75. The number of carbonyl (C=O) groups is 1. The summed E-state index contributed by atoms with van der Waals surface area (Å²) in [4.78, 5) is 18.4. The molecule has 0 spiro atoms. The summed E-state index contributed by atoms with van der Waals surface area (Å²) < 4.78 is 27.4. The molecule has 2 heterocycles. The van der Waals surface area contributed by atoms with Gasteiger partial charge in [0, 0.05) is 30.2 Å². The van der Waals surface area contributed by atoms with Crippen molar-refractivity contribution in [3.05, 3.63) is 41.5 Å². The van der Waals surface area contributed by atoms with E-state index in [0.29, 0.717) is 30.3 Å². The van der Waals surface area contributed by atoms with Crippen LogP contribution in [0.2, 0.25) is 0 Å². The zero-order chi connectivity index (χ0) is 17.9. The van der Waals surface area contributed by atoms with Crippen molar-refractivity contribution in [2.45, 2.75) is 18.4 Å². The van der Waals surface area contributed by atoms with Crippen LogP contribution >= 0.6 is 11.8 Å². The average molecular weight is 381 g/mol. The van der Waals surface area contributed by atoms with Gasteiger partial charge in [-0.3, -0.25) is 9.89 Å². The van der Waals surface area contributed by atoms with Gasteiger partial charge in [-0.1, -0.05) is 6.07 Å². The lowest BCUT2D eigenvalue weighted by Crippen LogP contribution is -2.38. The number of nitrogens with zero attached hydrogens (tertiary/aromatic N) is 3. The van der Waals surface area contributed by atoms with Gasteiger partial charge in [0.25, 0.3) is 5.91 Å². The Morgan fingerprint density at radius 2 is 2.12 bits per heavy atom. The van der Waals surface area contributed by atoms with Crippen LogP contribution in [-0.4, -0.2) is 59.0 Å². The fourth-order valence-electron chi connectivity index (χ4n) is 2.46. The molecule has 134 valence electrons. The number of sulfonamides is 1. The molecule has 1 aliphatic rings. The van der Waals surface area contributed by atoms with E-state index in [1.165, 1.54) is 12.1 Å². The first-order chi connectivity index (χ1) is 12.0. The summed E-state index contributed by atoms with van der Waals surface area (Å²) in [6.07, 6.45) is 0. The van der Waals surface area contributed by atoms with E-state index in [1.54, 1.807) is 24.0 Å². The smallest absolute Gasteiger partial charge is 0.253 e. The Morgan fingerprint density at radius 1 is 1.36 bits per heavy atom. The van der Waals surface area contributed by atoms with E-state index >= 15 is 0 Å². The van der Waals surface area contributed by atoms with Crippen molar-refractivity contribution in [1.82, 2.24) is 24.8 Å². The lowest BCUT2D eigenvalue weighted by atomic mass is 10.2. The van der Waals surface area contributed by atoms with Crippen molar-refractivity contribution in [2.24, 2.45) is 0 Å². The Morgan fingerprint density at radius 3 is 2.80 bits per heavy atom. The Bertz CT molecular complexity index is 860. The van der Waals surface area contributed by atoms with Gasteiger partial charge in [0.1, 0.15) is 5.82 Å². The van der Waals surface area contributed by atoms with Crippen LogP contribution in [0.15, 0.2) is 29.2 Å². The van der Waals surface area contributed by atoms with Gasteiger partial charge >= 0.3 is 0 Å². The molecule has 1 aromatic heterocycles. The van der Waals surface area contributed by atoms with Crippen LogP contribution in [0.5, 0.6) is 0 Å². The number of aromatic amines is 1. The zero-order valence-corrected chi connectivity index (χ0v) is 15.4. The molecule has 2 N–H and O–H groups in total. The number of thioether (sulfide) groups is 1. The quantitative estimate of drug-likeness (QED) is 0.792. The second-order valence-corrected chi connectivity index (χ2v) is 8.59. The standard InChI is InChI=1S/C15H19N5O3S2/c1-11-17-14(19-18-11)10-16-25(22,23)13-4-2-3-12(9-13)15(21)20-5-7-24-8-6-20/h2-4,9,16H,5-8,10H2,1H3,(H,17,18,19). The van der Waals surface area contributed by atoms with Crippen LogP contribution in [0.3, 0.4) is 0 Å². The van der Waals surface area contributed by atoms with Crippen LogP contribution in [0.4, 0.5) is 0 Å².